The van der Waals surface area contributed by atoms with E-state index in [1.807, 2.05) is 18.5 Å². The molecule has 0 amide bonds. The minimum absolute atomic E-state index is 0.379. The Balaban J connectivity index is 1.76. The second-order valence-electron chi connectivity index (χ2n) is 3.60. The normalized spacial score (nSPS) is 22.1. The standard InChI is InChI=1S/C11H16N2O/c1-2-10(8-12-5-1)3-4-11-9-13-6-7-14-11/h1-2,5,8,11,13H,3-4,6-7,9H2. The van der Waals surface area contributed by atoms with Crippen molar-refractivity contribution in [3.05, 3.63) is 30.1 Å². The first-order chi connectivity index (χ1) is 6.95. The van der Waals surface area contributed by atoms with Gasteiger partial charge >= 0.3 is 0 Å². The van der Waals surface area contributed by atoms with Crippen molar-refractivity contribution in [3.8, 4) is 0 Å². The van der Waals surface area contributed by atoms with Gasteiger partial charge < -0.3 is 10.1 Å². The summed E-state index contributed by atoms with van der Waals surface area (Å²) < 4.78 is 5.62. The van der Waals surface area contributed by atoms with Crippen LogP contribution in [0.3, 0.4) is 0 Å². The van der Waals surface area contributed by atoms with E-state index in [0.717, 1.165) is 32.5 Å². The maximum Gasteiger partial charge on any atom is 0.0703 e. The van der Waals surface area contributed by atoms with Crippen molar-refractivity contribution in [2.24, 2.45) is 0 Å². The highest BCUT2D eigenvalue weighted by Crippen LogP contribution is 2.07. The van der Waals surface area contributed by atoms with Crippen LogP contribution >= 0.6 is 0 Å². The molecular weight excluding hydrogens is 176 g/mol. The first kappa shape index (κ1) is 9.62. The van der Waals surface area contributed by atoms with Crippen molar-refractivity contribution in [3.63, 3.8) is 0 Å². The molecule has 2 heterocycles. The highest BCUT2D eigenvalue weighted by atomic mass is 16.5. The van der Waals surface area contributed by atoms with Crippen LogP contribution in [0, 0.1) is 0 Å². The summed E-state index contributed by atoms with van der Waals surface area (Å²) in [6.45, 7) is 2.82. The summed E-state index contributed by atoms with van der Waals surface area (Å²) >= 11 is 0. The second-order valence-corrected chi connectivity index (χ2v) is 3.60. The minimum Gasteiger partial charge on any atom is -0.376 e. The predicted octanol–water partition coefficient (Wildman–Crippen LogP) is 1.00. The van der Waals surface area contributed by atoms with E-state index in [2.05, 4.69) is 16.4 Å². The third kappa shape index (κ3) is 2.79. The Morgan fingerprint density at radius 3 is 3.29 bits per heavy atom. The summed E-state index contributed by atoms with van der Waals surface area (Å²) in [6.07, 6.45) is 6.25. The molecule has 76 valence electrons. The Labute approximate surface area is 84.5 Å². The molecule has 1 unspecified atom stereocenters. The maximum atomic E-state index is 5.62. The lowest BCUT2D eigenvalue weighted by molar-refractivity contribution is 0.0238. The number of aromatic nitrogens is 1. The molecular formula is C11H16N2O. The molecule has 1 aliphatic rings. The Bertz CT molecular complexity index is 257. The van der Waals surface area contributed by atoms with Crippen LogP contribution in [0.1, 0.15) is 12.0 Å². The number of nitrogens with zero attached hydrogens (tertiary/aromatic N) is 1. The highest BCUT2D eigenvalue weighted by Gasteiger charge is 2.12. The number of morpholine rings is 1. The van der Waals surface area contributed by atoms with Crippen molar-refractivity contribution < 1.29 is 4.74 Å². The van der Waals surface area contributed by atoms with Crippen LogP contribution in [-0.2, 0) is 11.2 Å². The van der Waals surface area contributed by atoms with E-state index in [-0.39, 0.29) is 0 Å². The summed E-state index contributed by atoms with van der Waals surface area (Å²) in [6, 6.07) is 4.10. The fourth-order valence-electron chi connectivity index (χ4n) is 1.68. The third-order valence-electron chi connectivity index (χ3n) is 2.48. The van der Waals surface area contributed by atoms with Gasteiger partial charge in [0.2, 0.25) is 0 Å². The van der Waals surface area contributed by atoms with E-state index in [1.165, 1.54) is 5.56 Å². The van der Waals surface area contributed by atoms with Crippen molar-refractivity contribution in [1.82, 2.24) is 10.3 Å². The summed E-state index contributed by atoms with van der Waals surface area (Å²) in [4.78, 5) is 4.09. The molecule has 3 heteroatoms. The number of pyridine rings is 1. The zero-order valence-corrected chi connectivity index (χ0v) is 8.28. The molecule has 1 aliphatic heterocycles. The van der Waals surface area contributed by atoms with E-state index in [1.54, 1.807) is 0 Å². The van der Waals surface area contributed by atoms with Gasteiger partial charge in [-0.05, 0) is 24.5 Å². The lowest BCUT2D eigenvalue weighted by atomic mass is 10.1. The van der Waals surface area contributed by atoms with Crippen LogP contribution in [0.15, 0.2) is 24.5 Å². The van der Waals surface area contributed by atoms with Crippen LogP contribution in [0.5, 0.6) is 0 Å². The van der Waals surface area contributed by atoms with Gasteiger partial charge in [0.25, 0.3) is 0 Å². The number of hydrogen-bond donors (Lipinski definition) is 1. The highest BCUT2D eigenvalue weighted by molar-refractivity contribution is 5.08. The smallest absolute Gasteiger partial charge is 0.0703 e. The number of ether oxygens (including phenoxy) is 1. The van der Waals surface area contributed by atoms with Gasteiger partial charge in [-0.25, -0.2) is 0 Å². The van der Waals surface area contributed by atoms with Crippen molar-refractivity contribution >= 4 is 0 Å². The van der Waals surface area contributed by atoms with Gasteiger partial charge in [0.05, 0.1) is 12.7 Å². The SMILES string of the molecule is c1cncc(CCC2CNCCO2)c1. The fraction of sp³-hybridized carbons (Fsp3) is 0.545. The van der Waals surface area contributed by atoms with Crippen molar-refractivity contribution in [2.45, 2.75) is 18.9 Å². The topological polar surface area (TPSA) is 34.2 Å². The summed E-state index contributed by atoms with van der Waals surface area (Å²) in [5, 5.41) is 3.33. The molecule has 1 saturated heterocycles. The van der Waals surface area contributed by atoms with Gasteiger partial charge in [0.1, 0.15) is 0 Å². The van der Waals surface area contributed by atoms with Crippen molar-refractivity contribution in [1.29, 1.82) is 0 Å². The minimum atomic E-state index is 0.379. The Kier molecular flexibility index (Phi) is 3.49. The van der Waals surface area contributed by atoms with Crippen LogP contribution in [0.2, 0.25) is 0 Å². The molecule has 3 nitrogen and oxygen atoms in total. The van der Waals surface area contributed by atoms with Gasteiger partial charge in [0.15, 0.2) is 0 Å². The van der Waals surface area contributed by atoms with Crippen LogP contribution in [-0.4, -0.2) is 30.8 Å². The van der Waals surface area contributed by atoms with Gasteiger partial charge in [-0.1, -0.05) is 6.07 Å². The fourth-order valence-corrected chi connectivity index (χ4v) is 1.68. The molecule has 1 aromatic heterocycles. The molecule has 2 rings (SSSR count). The molecule has 0 saturated carbocycles. The van der Waals surface area contributed by atoms with Gasteiger partial charge in [-0.15, -0.1) is 0 Å². The summed E-state index contributed by atoms with van der Waals surface area (Å²) in [5.41, 5.74) is 1.29. The Morgan fingerprint density at radius 1 is 1.57 bits per heavy atom. The van der Waals surface area contributed by atoms with Crippen molar-refractivity contribution in [2.75, 3.05) is 19.7 Å². The quantitative estimate of drug-likeness (QED) is 0.776. The number of nitrogens with one attached hydrogen (secondary N) is 1. The Morgan fingerprint density at radius 2 is 2.57 bits per heavy atom. The molecule has 0 aromatic carbocycles. The van der Waals surface area contributed by atoms with Gasteiger partial charge in [-0.2, -0.15) is 0 Å². The third-order valence-corrected chi connectivity index (χ3v) is 2.48. The number of rotatable bonds is 3. The zero-order valence-electron chi connectivity index (χ0n) is 8.28. The number of aryl methyl sites for hydroxylation is 1. The first-order valence-electron chi connectivity index (χ1n) is 5.16. The molecule has 1 fully saturated rings. The molecule has 0 aliphatic carbocycles. The largest absolute Gasteiger partial charge is 0.376 e. The second kappa shape index (κ2) is 5.08. The van der Waals surface area contributed by atoms with E-state index >= 15 is 0 Å². The molecule has 0 bridgehead atoms. The van der Waals surface area contributed by atoms with Crippen LogP contribution < -0.4 is 5.32 Å². The lowest BCUT2D eigenvalue weighted by Crippen LogP contribution is -2.38. The molecule has 1 aromatic rings. The number of hydrogen-bond acceptors (Lipinski definition) is 3. The average molecular weight is 192 g/mol. The average Bonchev–Trinajstić information content (AvgIpc) is 2.29. The molecule has 1 N–H and O–H groups in total. The van der Waals surface area contributed by atoms with E-state index < -0.39 is 0 Å². The maximum absolute atomic E-state index is 5.62. The summed E-state index contributed by atoms with van der Waals surface area (Å²) in [5.74, 6) is 0. The van der Waals surface area contributed by atoms with Crippen LogP contribution in [0.4, 0.5) is 0 Å². The predicted molar refractivity (Wildman–Crippen MR) is 55.2 cm³/mol. The van der Waals surface area contributed by atoms with Gasteiger partial charge in [-0.3, -0.25) is 4.98 Å². The molecule has 0 radical (unpaired) electrons. The van der Waals surface area contributed by atoms with Gasteiger partial charge in [0, 0.05) is 25.5 Å². The first-order valence-corrected chi connectivity index (χ1v) is 5.16. The molecule has 14 heavy (non-hydrogen) atoms. The lowest BCUT2D eigenvalue weighted by Gasteiger charge is -2.23. The van der Waals surface area contributed by atoms with E-state index in [0.29, 0.717) is 6.10 Å². The molecule has 0 spiro atoms. The zero-order chi connectivity index (χ0) is 9.64. The monoisotopic (exact) mass is 192 g/mol. The molecule has 1 atom stereocenters. The summed E-state index contributed by atoms with van der Waals surface area (Å²) in [7, 11) is 0. The Hall–Kier alpha value is -0.930. The van der Waals surface area contributed by atoms with Crippen LogP contribution in [0.25, 0.3) is 0 Å². The van der Waals surface area contributed by atoms with E-state index in [4.69, 9.17) is 4.74 Å². The van der Waals surface area contributed by atoms with E-state index in [9.17, 15) is 0 Å².